The lowest BCUT2D eigenvalue weighted by atomic mass is 9.82. The van der Waals surface area contributed by atoms with E-state index in [1.807, 2.05) is 0 Å². The molecule has 2 saturated heterocycles. The molecule has 0 saturated carbocycles. The Hall–Kier alpha value is -3.87. The molecule has 3 aromatic heterocycles. The van der Waals surface area contributed by atoms with Crippen molar-refractivity contribution in [1.82, 2.24) is 34.9 Å². The van der Waals surface area contributed by atoms with Gasteiger partial charge in [-0.1, -0.05) is 18.2 Å². The van der Waals surface area contributed by atoms with Crippen LogP contribution in [0.15, 0.2) is 24.3 Å². The molecule has 0 unspecified atom stereocenters. The maximum atomic E-state index is 14.8. The summed E-state index contributed by atoms with van der Waals surface area (Å²) in [4.78, 5) is 24.2. The van der Waals surface area contributed by atoms with Gasteiger partial charge in [0, 0.05) is 12.1 Å². The summed E-state index contributed by atoms with van der Waals surface area (Å²) in [7, 11) is 0. The Morgan fingerprint density at radius 1 is 1.19 bits per heavy atom. The Morgan fingerprint density at radius 3 is 2.64 bits per heavy atom. The molecule has 1 spiro atoms. The van der Waals surface area contributed by atoms with Crippen molar-refractivity contribution in [2.45, 2.75) is 38.3 Å². The third kappa shape index (κ3) is 3.29. The molecule has 10 nitrogen and oxygen atoms in total. The molecule has 2 fully saturated rings. The molecule has 2 aliphatic heterocycles. The Kier molecular flexibility index (Phi) is 5.07. The first kappa shape index (κ1) is 22.6. The van der Waals surface area contributed by atoms with E-state index in [9.17, 15) is 18.0 Å². The van der Waals surface area contributed by atoms with E-state index in [4.69, 9.17) is 4.74 Å². The van der Waals surface area contributed by atoms with E-state index in [-0.39, 0.29) is 28.2 Å². The number of nitrogens with one attached hydrogen (secondary N) is 1. The highest BCUT2D eigenvalue weighted by molar-refractivity contribution is 6.05. The number of ether oxygens (including phenoxy) is 1. The number of halogens is 3. The van der Waals surface area contributed by atoms with Crippen LogP contribution in [0.1, 0.15) is 53.1 Å². The number of anilines is 1. The first-order chi connectivity index (χ1) is 17.3. The van der Waals surface area contributed by atoms with Gasteiger partial charge in [-0.25, -0.2) is 23.1 Å². The summed E-state index contributed by atoms with van der Waals surface area (Å²) in [5, 5.41) is 15.4. The molecule has 5 heterocycles. The molecule has 4 aromatic rings. The van der Waals surface area contributed by atoms with Crippen LogP contribution in [0.25, 0.3) is 16.7 Å². The zero-order valence-electron chi connectivity index (χ0n) is 19.4. The van der Waals surface area contributed by atoms with E-state index >= 15 is 0 Å². The van der Waals surface area contributed by atoms with Gasteiger partial charge in [-0.05, 0) is 36.8 Å². The van der Waals surface area contributed by atoms with E-state index in [0.717, 1.165) is 12.5 Å². The third-order valence-corrected chi connectivity index (χ3v) is 6.94. The van der Waals surface area contributed by atoms with Gasteiger partial charge in [-0.3, -0.25) is 4.79 Å². The molecular weight excluding hydrogens is 477 g/mol. The Balaban J connectivity index is 1.45. The van der Waals surface area contributed by atoms with Gasteiger partial charge in [0.25, 0.3) is 12.3 Å². The quantitative estimate of drug-likeness (QED) is 0.447. The van der Waals surface area contributed by atoms with Crippen molar-refractivity contribution >= 4 is 28.4 Å². The second-order valence-corrected chi connectivity index (χ2v) is 9.17. The maximum absolute atomic E-state index is 14.8. The van der Waals surface area contributed by atoms with Gasteiger partial charge in [-0.2, -0.15) is 4.52 Å². The maximum Gasteiger partial charge on any atom is 0.266 e. The molecule has 6 rings (SSSR count). The summed E-state index contributed by atoms with van der Waals surface area (Å²) in [5.41, 5.74) is -0.0274. The van der Waals surface area contributed by atoms with Crippen molar-refractivity contribution in [1.29, 1.82) is 0 Å². The van der Waals surface area contributed by atoms with Gasteiger partial charge in [0.05, 0.1) is 41.3 Å². The van der Waals surface area contributed by atoms with E-state index in [1.165, 1.54) is 16.6 Å². The van der Waals surface area contributed by atoms with Gasteiger partial charge >= 0.3 is 0 Å². The number of hydrogen-bond acceptors (Lipinski definition) is 8. The van der Waals surface area contributed by atoms with Crippen LogP contribution in [0.2, 0.25) is 0 Å². The summed E-state index contributed by atoms with van der Waals surface area (Å²) in [6.07, 6.45) is -2.07. The van der Waals surface area contributed by atoms with Crippen molar-refractivity contribution in [3.8, 4) is 0 Å². The normalized spacial score (nSPS) is 17.4. The number of tetrazole rings is 1. The Morgan fingerprint density at radius 2 is 1.97 bits per heavy atom. The highest BCUT2D eigenvalue weighted by atomic mass is 19.3. The number of rotatable bonds is 5. The van der Waals surface area contributed by atoms with Gasteiger partial charge in [-0.15, -0.1) is 5.10 Å². The highest BCUT2D eigenvalue weighted by Gasteiger charge is 2.53. The fraction of sp³-hybridized carbons (Fsp3) is 0.391. The van der Waals surface area contributed by atoms with Gasteiger partial charge in [0.15, 0.2) is 11.3 Å². The second-order valence-electron chi connectivity index (χ2n) is 9.17. The number of pyridine rings is 1. The minimum Gasteiger partial charge on any atom is -0.376 e. The molecule has 0 bridgehead atoms. The molecule has 36 heavy (non-hydrogen) atoms. The fourth-order valence-electron chi connectivity index (χ4n) is 4.83. The molecule has 13 heteroatoms. The number of carbonyl (C=O) groups excluding carboxylic acids is 1. The SMILES string of the molecule is Cc1nc(N[C@H](C)c2cccc(C(F)F)c2F)c2cc(C(=O)N3CCC34COC4)c3nnnn3c2n1. The average molecular weight is 498 g/mol. The van der Waals surface area contributed by atoms with E-state index < -0.39 is 23.8 Å². The number of fused-ring (bicyclic) bond motifs is 3. The average Bonchev–Trinajstić information content (AvgIpc) is 3.27. The molecule has 1 amide bonds. The minimum absolute atomic E-state index is 0.0597. The Labute approximate surface area is 202 Å². The van der Waals surface area contributed by atoms with Gasteiger partial charge < -0.3 is 15.0 Å². The van der Waals surface area contributed by atoms with Crippen LogP contribution < -0.4 is 5.32 Å². The number of hydrogen-bond donors (Lipinski definition) is 1. The number of aryl methyl sites for hydroxylation is 1. The van der Waals surface area contributed by atoms with Crippen LogP contribution in [0.4, 0.5) is 19.0 Å². The second kappa shape index (κ2) is 8.08. The largest absolute Gasteiger partial charge is 0.376 e. The molecule has 1 aromatic carbocycles. The van der Waals surface area contributed by atoms with Gasteiger partial charge in [0.2, 0.25) is 0 Å². The molecule has 186 valence electrons. The molecule has 0 aliphatic carbocycles. The molecule has 2 aliphatic rings. The van der Waals surface area contributed by atoms with Crippen LogP contribution in [-0.4, -0.2) is 66.1 Å². The predicted molar refractivity (Wildman–Crippen MR) is 121 cm³/mol. The molecular formula is C23H21F3N8O2. The summed E-state index contributed by atoms with van der Waals surface area (Å²) in [6.45, 7) is 4.88. The zero-order chi connectivity index (χ0) is 25.2. The molecule has 1 N–H and O–H groups in total. The molecule has 1 atom stereocenters. The topological polar surface area (TPSA) is 110 Å². The van der Waals surface area contributed by atoms with E-state index in [0.29, 0.717) is 42.4 Å². The molecule has 0 radical (unpaired) electrons. The number of likely N-dealkylation sites (tertiary alicyclic amines) is 1. The third-order valence-electron chi connectivity index (χ3n) is 6.94. The number of benzene rings is 1. The Bertz CT molecular complexity index is 1520. The van der Waals surface area contributed by atoms with Crippen LogP contribution in [-0.2, 0) is 4.74 Å². The standard InChI is InChI=1S/C23H21F3N8O2/c1-11(13-4-3-5-14(17(13)24)18(25)26)27-19-15-8-16(22(35)33-7-6-23(33)9-36-10-23)21-30-31-32-34(21)20(15)29-12(2)28-19/h3-5,8,11,18H,6-7,9-10H2,1-2H3,(H,27,28,29)/t11-/m1/s1. The van der Waals surface area contributed by atoms with Crippen LogP contribution in [0, 0.1) is 12.7 Å². The number of alkyl halides is 2. The lowest BCUT2D eigenvalue weighted by molar-refractivity contribution is -0.172. The fourth-order valence-corrected chi connectivity index (χ4v) is 4.83. The van der Waals surface area contributed by atoms with E-state index in [2.05, 4.69) is 30.8 Å². The predicted octanol–water partition coefficient (Wildman–Crippen LogP) is 3.24. The summed E-state index contributed by atoms with van der Waals surface area (Å²) < 4.78 is 48.0. The van der Waals surface area contributed by atoms with Crippen molar-refractivity contribution < 1.29 is 22.7 Å². The summed E-state index contributed by atoms with van der Waals surface area (Å²) in [5.74, 6) is -0.541. The van der Waals surface area contributed by atoms with Crippen LogP contribution in [0.3, 0.4) is 0 Å². The van der Waals surface area contributed by atoms with Crippen LogP contribution >= 0.6 is 0 Å². The van der Waals surface area contributed by atoms with Crippen LogP contribution in [0.5, 0.6) is 0 Å². The zero-order valence-corrected chi connectivity index (χ0v) is 19.4. The number of nitrogens with zero attached hydrogens (tertiary/aromatic N) is 7. The number of aromatic nitrogens is 6. The van der Waals surface area contributed by atoms with Crippen molar-refractivity contribution in [2.24, 2.45) is 0 Å². The van der Waals surface area contributed by atoms with Crippen molar-refractivity contribution in [3.05, 3.63) is 52.6 Å². The van der Waals surface area contributed by atoms with E-state index in [1.54, 1.807) is 24.8 Å². The highest BCUT2D eigenvalue weighted by Crippen LogP contribution is 2.39. The first-order valence-electron chi connectivity index (χ1n) is 11.4. The number of carbonyl (C=O) groups is 1. The minimum atomic E-state index is -2.94. The van der Waals surface area contributed by atoms with Gasteiger partial charge in [0.1, 0.15) is 17.5 Å². The smallest absolute Gasteiger partial charge is 0.266 e. The van der Waals surface area contributed by atoms with Crippen molar-refractivity contribution in [3.63, 3.8) is 0 Å². The van der Waals surface area contributed by atoms with Crippen molar-refractivity contribution in [2.75, 3.05) is 25.1 Å². The summed E-state index contributed by atoms with van der Waals surface area (Å²) >= 11 is 0. The number of amides is 1. The lowest BCUT2D eigenvalue weighted by Gasteiger charge is -2.57. The first-order valence-corrected chi connectivity index (χ1v) is 11.4. The summed E-state index contributed by atoms with van der Waals surface area (Å²) in [6, 6.07) is 4.78. The monoisotopic (exact) mass is 498 g/mol. The lowest BCUT2D eigenvalue weighted by Crippen LogP contribution is -2.72.